The van der Waals surface area contributed by atoms with Crippen LogP contribution in [0.15, 0.2) is 48.5 Å². The van der Waals surface area contributed by atoms with E-state index >= 15 is 0 Å². The zero-order valence-corrected chi connectivity index (χ0v) is 17.6. The van der Waals surface area contributed by atoms with E-state index in [2.05, 4.69) is 15.7 Å². The number of hydrogen-bond acceptors (Lipinski definition) is 3. The summed E-state index contributed by atoms with van der Waals surface area (Å²) in [6.45, 7) is 3.65. The smallest absolute Gasteiger partial charge is 0.363 e. The number of alkyl halides is 3. The lowest BCUT2D eigenvalue weighted by Crippen LogP contribution is -2.35. The predicted molar refractivity (Wildman–Crippen MR) is 114 cm³/mol. The van der Waals surface area contributed by atoms with E-state index in [0.29, 0.717) is 16.3 Å². The summed E-state index contributed by atoms with van der Waals surface area (Å²) in [5.41, 5.74) is 2.79. The predicted octanol–water partition coefficient (Wildman–Crippen LogP) is 6.07. The summed E-state index contributed by atoms with van der Waals surface area (Å²) >= 11 is 6.07. The minimum Gasteiger partial charge on any atom is -0.363 e. The number of carbonyl (C=O) groups is 1. The molecule has 0 bridgehead atoms. The van der Waals surface area contributed by atoms with Crippen molar-refractivity contribution in [2.75, 3.05) is 10.6 Å². The van der Waals surface area contributed by atoms with Gasteiger partial charge in [-0.05, 0) is 37.1 Å². The molecule has 162 valence electrons. The van der Waals surface area contributed by atoms with Gasteiger partial charge in [-0.25, -0.2) is 4.68 Å². The molecule has 0 saturated carbocycles. The number of benzene rings is 2. The molecule has 4 rings (SSSR count). The highest BCUT2D eigenvalue weighted by Gasteiger charge is 2.46. The molecule has 0 saturated heterocycles. The third kappa shape index (κ3) is 4.25. The molecule has 2 atom stereocenters. The summed E-state index contributed by atoms with van der Waals surface area (Å²) in [5.74, 6) is -0.464. The first-order chi connectivity index (χ1) is 14.6. The molecule has 31 heavy (non-hydrogen) atoms. The maximum atomic E-state index is 13.8. The van der Waals surface area contributed by atoms with Crippen LogP contribution in [-0.2, 0) is 0 Å². The van der Waals surface area contributed by atoms with Crippen molar-refractivity contribution < 1.29 is 18.0 Å². The number of amides is 1. The number of aromatic nitrogens is 2. The van der Waals surface area contributed by atoms with Crippen LogP contribution in [0.1, 0.15) is 45.7 Å². The first-order valence-electron chi connectivity index (χ1n) is 9.69. The standard InChI is InChI=1S/C22H20ClF3N4O/c1-12-6-8-14(9-7-12)17-10-19(22(24,25)26)30-20(27-17)11-18(29-30)21(31)28-16-5-3-4-15(23)13(16)2/h3-9,11,17,19,27H,10H2,1-2H3,(H,28,31)/t17-,19-/m1/s1. The van der Waals surface area contributed by atoms with Crippen molar-refractivity contribution in [3.63, 3.8) is 0 Å². The van der Waals surface area contributed by atoms with Gasteiger partial charge >= 0.3 is 6.18 Å². The van der Waals surface area contributed by atoms with Gasteiger partial charge in [-0.3, -0.25) is 4.79 Å². The minimum atomic E-state index is -4.51. The van der Waals surface area contributed by atoms with Crippen LogP contribution in [0.5, 0.6) is 0 Å². The van der Waals surface area contributed by atoms with Gasteiger partial charge in [0.05, 0.1) is 6.04 Å². The van der Waals surface area contributed by atoms with Crippen LogP contribution in [0, 0.1) is 13.8 Å². The van der Waals surface area contributed by atoms with Crippen molar-refractivity contribution >= 4 is 29.0 Å². The zero-order valence-electron chi connectivity index (χ0n) is 16.8. The Kier molecular flexibility index (Phi) is 5.43. The molecule has 1 aliphatic rings. The summed E-state index contributed by atoms with van der Waals surface area (Å²) in [7, 11) is 0. The van der Waals surface area contributed by atoms with Gasteiger partial charge in [0.1, 0.15) is 5.82 Å². The van der Waals surface area contributed by atoms with E-state index in [9.17, 15) is 18.0 Å². The second-order valence-corrected chi connectivity index (χ2v) is 8.03. The third-order valence-corrected chi connectivity index (χ3v) is 5.83. The molecule has 0 spiro atoms. The first kappa shape index (κ1) is 21.2. The molecule has 2 N–H and O–H groups in total. The number of rotatable bonds is 3. The lowest BCUT2D eigenvalue weighted by Gasteiger charge is -2.33. The molecule has 1 aromatic heterocycles. The SMILES string of the molecule is Cc1ccc([C@H]2C[C@H](C(F)(F)F)n3nc(C(=O)Nc4cccc(Cl)c4C)cc3N2)cc1. The molecule has 2 heterocycles. The number of fused-ring (bicyclic) bond motifs is 1. The molecule has 0 fully saturated rings. The first-order valence-corrected chi connectivity index (χ1v) is 10.1. The highest BCUT2D eigenvalue weighted by molar-refractivity contribution is 6.31. The lowest BCUT2D eigenvalue weighted by molar-refractivity contribution is -0.173. The van der Waals surface area contributed by atoms with Crippen molar-refractivity contribution in [1.29, 1.82) is 0 Å². The van der Waals surface area contributed by atoms with Gasteiger partial charge in [0.25, 0.3) is 5.91 Å². The topological polar surface area (TPSA) is 59.0 Å². The third-order valence-electron chi connectivity index (χ3n) is 5.42. The minimum absolute atomic E-state index is 0.110. The fourth-order valence-corrected chi connectivity index (χ4v) is 3.81. The van der Waals surface area contributed by atoms with Crippen LogP contribution in [0.4, 0.5) is 24.7 Å². The summed E-state index contributed by atoms with van der Waals surface area (Å²) in [6.07, 6.45) is -4.74. The van der Waals surface area contributed by atoms with Crippen molar-refractivity contribution in [3.05, 3.63) is 75.9 Å². The van der Waals surface area contributed by atoms with E-state index < -0.39 is 24.2 Å². The maximum absolute atomic E-state index is 13.8. The number of carbonyl (C=O) groups excluding carboxylic acids is 1. The highest BCUT2D eigenvalue weighted by Crippen LogP contribution is 2.43. The van der Waals surface area contributed by atoms with Gasteiger partial charge in [-0.2, -0.15) is 18.3 Å². The molecule has 2 aromatic carbocycles. The molecule has 0 radical (unpaired) electrons. The Hall–Kier alpha value is -3.00. The molecule has 3 aromatic rings. The van der Waals surface area contributed by atoms with Gasteiger partial charge in [0.15, 0.2) is 11.7 Å². The van der Waals surface area contributed by atoms with E-state index in [-0.39, 0.29) is 17.9 Å². The van der Waals surface area contributed by atoms with E-state index in [1.54, 1.807) is 25.1 Å². The van der Waals surface area contributed by atoms with Gasteiger partial charge < -0.3 is 10.6 Å². The Morgan fingerprint density at radius 2 is 1.90 bits per heavy atom. The fourth-order valence-electron chi connectivity index (χ4n) is 3.63. The van der Waals surface area contributed by atoms with E-state index in [4.69, 9.17) is 11.6 Å². The Morgan fingerprint density at radius 3 is 2.58 bits per heavy atom. The van der Waals surface area contributed by atoms with Crippen LogP contribution in [-0.4, -0.2) is 21.9 Å². The monoisotopic (exact) mass is 448 g/mol. The van der Waals surface area contributed by atoms with Gasteiger partial charge in [0.2, 0.25) is 0 Å². The van der Waals surface area contributed by atoms with Crippen molar-refractivity contribution in [3.8, 4) is 0 Å². The molecular weight excluding hydrogens is 429 g/mol. The Morgan fingerprint density at radius 1 is 1.19 bits per heavy atom. The van der Waals surface area contributed by atoms with Crippen molar-refractivity contribution in [1.82, 2.24) is 9.78 Å². The van der Waals surface area contributed by atoms with E-state index in [0.717, 1.165) is 15.8 Å². The molecule has 9 heteroatoms. The van der Waals surface area contributed by atoms with Gasteiger partial charge in [-0.15, -0.1) is 0 Å². The Balaban J connectivity index is 1.65. The molecule has 0 aliphatic carbocycles. The summed E-state index contributed by atoms with van der Waals surface area (Å²) in [4.78, 5) is 12.7. The molecule has 0 unspecified atom stereocenters. The Bertz CT molecular complexity index is 1120. The van der Waals surface area contributed by atoms with E-state index in [1.165, 1.54) is 6.07 Å². The summed E-state index contributed by atoms with van der Waals surface area (Å²) in [5, 5.41) is 10.2. The van der Waals surface area contributed by atoms with E-state index in [1.807, 2.05) is 31.2 Å². The lowest BCUT2D eigenvalue weighted by atomic mass is 9.96. The van der Waals surface area contributed by atoms with Crippen LogP contribution in [0.3, 0.4) is 0 Å². The van der Waals surface area contributed by atoms with Crippen LogP contribution in [0.2, 0.25) is 5.02 Å². The van der Waals surface area contributed by atoms with Crippen LogP contribution < -0.4 is 10.6 Å². The average molecular weight is 449 g/mol. The zero-order chi connectivity index (χ0) is 22.3. The Labute approximate surface area is 182 Å². The summed E-state index contributed by atoms with van der Waals surface area (Å²) < 4.78 is 42.3. The number of hydrogen-bond donors (Lipinski definition) is 2. The molecule has 1 aliphatic heterocycles. The van der Waals surface area contributed by atoms with Gasteiger partial charge in [0, 0.05) is 23.2 Å². The normalized spacial score (nSPS) is 18.3. The van der Waals surface area contributed by atoms with Crippen molar-refractivity contribution in [2.45, 2.75) is 38.5 Å². The maximum Gasteiger partial charge on any atom is 0.410 e. The summed E-state index contributed by atoms with van der Waals surface area (Å²) in [6, 6.07) is 11.3. The van der Waals surface area contributed by atoms with Gasteiger partial charge in [-0.1, -0.05) is 47.5 Å². The molecule has 5 nitrogen and oxygen atoms in total. The molecule has 1 amide bonds. The average Bonchev–Trinajstić information content (AvgIpc) is 3.14. The fraction of sp³-hybridized carbons (Fsp3) is 0.273. The number of nitrogens with zero attached hydrogens (tertiary/aromatic N) is 2. The van der Waals surface area contributed by atoms with Crippen LogP contribution >= 0.6 is 11.6 Å². The highest BCUT2D eigenvalue weighted by atomic mass is 35.5. The number of nitrogens with one attached hydrogen (secondary N) is 2. The largest absolute Gasteiger partial charge is 0.410 e. The number of anilines is 2. The van der Waals surface area contributed by atoms with Crippen LogP contribution in [0.25, 0.3) is 0 Å². The molecular formula is C22H20ClF3N4O. The second-order valence-electron chi connectivity index (χ2n) is 7.63. The number of halogens is 4. The number of aryl methyl sites for hydroxylation is 1. The quantitative estimate of drug-likeness (QED) is 0.511. The van der Waals surface area contributed by atoms with Crippen molar-refractivity contribution in [2.24, 2.45) is 0 Å². The second kappa shape index (κ2) is 7.92.